The molecule has 0 aliphatic heterocycles. The number of rotatable bonds is 4. The van der Waals surface area contributed by atoms with E-state index in [2.05, 4.69) is 15.2 Å². The Morgan fingerprint density at radius 2 is 2.14 bits per heavy atom. The average molecular weight is 306 g/mol. The van der Waals surface area contributed by atoms with Crippen LogP contribution in [0.15, 0.2) is 17.5 Å². The fourth-order valence-electron chi connectivity index (χ4n) is 1.88. The number of hydrogen-bond donors (Lipinski definition) is 1. The van der Waals surface area contributed by atoms with Crippen molar-refractivity contribution in [3.8, 4) is 0 Å². The van der Waals surface area contributed by atoms with Gasteiger partial charge in [-0.1, -0.05) is 26.8 Å². The molecule has 2 aromatic heterocycles. The zero-order valence-corrected chi connectivity index (χ0v) is 14.0. The minimum absolute atomic E-state index is 0.0937. The van der Waals surface area contributed by atoms with Crippen LogP contribution in [0.5, 0.6) is 0 Å². The first kappa shape index (κ1) is 15.7. The number of aromatic nitrogens is 3. The van der Waals surface area contributed by atoms with E-state index >= 15 is 0 Å². The predicted molar refractivity (Wildman–Crippen MR) is 84.4 cm³/mol. The fourth-order valence-corrected chi connectivity index (χ4v) is 2.58. The van der Waals surface area contributed by atoms with Crippen molar-refractivity contribution in [3.63, 3.8) is 0 Å². The van der Waals surface area contributed by atoms with Crippen LogP contribution >= 0.6 is 11.3 Å². The summed E-state index contributed by atoms with van der Waals surface area (Å²) < 4.78 is 0. The van der Waals surface area contributed by atoms with Gasteiger partial charge >= 0.3 is 0 Å². The zero-order valence-electron chi connectivity index (χ0n) is 13.2. The fraction of sp³-hybridized carbons (Fsp3) is 0.533. The molecule has 5 nitrogen and oxygen atoms in total. The molecule has 1 amide bonds. The molecule has 0 saturated heterocycles. The normalized spacial score (nSPS) is 11.9. The number of thiophene rings is 1. The molecule has 0 atom stereocenters. The Morgan fingerprint density at radius 1 is 1.43 bits per heavy atom. The Hall–Kier alpha value is -1.69. The van der Waals surface area contributed by atoms with E-state index in [1.807, 2.05) is 52.1 Å². The lowest BCUT2D eigenvalue weighted by molar-refractivity contribution is 0.0680. The lowest BCUT2D eigenvalue weighted by atomic mass is 9.96. The average Bonchev–Trinajstić information content (AvgIpc) is 3.05. The van der Waals surface area contributed by atoms with E-state index in [4.69, 9.17) is 0 Å². The number of H-pyrrole nitrogens is 1. The Balaban J connectivity index is 2.20. The maximum Gasteiger partial charge on any atom is 0.294 e. The molecule has 21 heavy (non-hydrogen) atoms. The van der Waals surface area contributed by atoms with Gasteiger partial charge in [-0.2, -0.15) is 0 Å². The number of nitrogens with one attached hydrogen (secondary N) is 1. The second-order valence-electron chi connectivity index (χ2n) is 6.36. The Kier molecular flexibility index (Phi) is 4.46. The molecule has 0 fully saturated rings. The molecule has 0 saturated carbocycles. The summed E-state index contributed by atoms with van der Waals surface area (Å²) >= 11 is 1.65. The summed E-state index contributed by atoms with van der Waals surface area (Å²) in [6.45, 7) is 10.7. The maximum absolute atomic E-state index is 12.6. The number of nitrogens with zero attached hydrogens (tertiary/aromatic N) is 3. The molecular formula is C15H22N4OS. The van der Waals surface area contributed by atoms with Crippen LogP contribution in [-0.4, -0.2) is 32.0 Å². The van der Waals surface area contributed by atoms with E-state index in [-0.39, 0.29) is 23.2 Å². The summed E-state index contributed by atoms with van der Waals surface area (Å²) in [4.78, 5) is 19.9. The van der Waals surface area contributed by atoms with Crippen LogP contribution in [0.4, 0.5) is 0 Å². The van der Waals surface area contributed by atoms with Gasteiger partial charge in [-0.25, -0.2) is 4.98 Å². The lowest BCUT2D eigenvalue weighted by Gasteiger charge is -2.24. The molecule has 1 N–H and O–H groups in total. The van der Waals surface area contributed by atoms with Crippen LogP contribution in [0, 0.1) is 0 Å². The molecule has 2 heterocycles. The molecule has 0 aliphatic carbocycles. The third-order valence-electron chi connectivity index (χ3n) is 3.18. The lowest BCUT2D eigenvalue weighted by Crippen LogP contribution is -2.36. The van der Waals surface area contributed by atoms with Gasteiger partial charge in [0, 0.05) is 16.3 Å². The van der Waals surface area contributed by atoms with Crippen molar-refractivity contribution in [2.75, 3.05) is 0 Å². The minimum atomic E-state index is -0.151. The first-order valence-corrected chi connectivity index (χ1v) is 7.93. The highest BCUT2D eigenvalue weighted by atomic mass is 32.1. The van der Waals surface area contributed by atoms with Gasteiger partial charge in [0.25, 0.3) is 5.91 Å². The van der Waals surface area contributed by atoms with Crippen LogP contribution in [-0.2, 0) is 12.0 Å². The first-order valence-electron chi connectivity index (χ1n) is 7.05. The van der Waals surface area contributed by atoms with E-state index in [1.54, 1.807) is 16.2 Å². The highest BCUT2D eigenvalue weighted by Gasteiger charge is 2.26. The van der Waals surface area contributed by atoms with Gasteiger partial charge < -0.3 is 4.90 Å². The quantitative estimate of drug-likeness (QED) is 0.943. The second-order valence-corrected chi connectivity index (χ2v) is 7.40. The second kappa shape index (κ2) is 5.97. The molecule has 2 rings (SSSR count). The Bertz CT molecular complexity index is 595. The molecule has 114 valence electrons. The number of aromatic amines is 1. The highest BCUT2D eigenvalue weighted by Crippen LogP contribution is 2.19. The third-order valence-corrected chi connectivity index (χ3v) is 4.04. The highest BCUT2D eigenvalue weighted by molar-refractivity contribution is 7.09. The molecule has 2 aromatic rings. The summed E-state index contributed by atoms with van der Waals surface area (Å²) in [7, 11) is 0. The Morgan fingerprint density at radius 3 is 2.62 bits per heavy atom. The molecule has 0 bridgehead atoms. The van der Waals surface area contributed by atoms with Crippen LogP contribution < -0.4 is 0 Å². The van der Waals surface area contributed by atoms with Crippen molar-refractivity contribution in [2.24, 2.45) is 0 Å². The topological polar surface area (TPSA) is 61.9 Å². The molecule has 0 spiro atoms. The number of carbonyl (C=O) groups excluding carboxylic acids is 1. The van der Waals surface area contributed by atoms with Gasteiger partial charge in [-0.3, -0.25) is 9.89 Å². The summed E-state index contributed by atoms with van der Waals surface area (Å²) in [5.41, 5.74) is -0.151. The molecular weight excluding hydrogens is 284 g/mol. The molecule has 0 aromatic carbocycles. The summed E-state index contributed by atoms with van der Waals surface area (Å²) in [5.74, 6) is 0.834. The molecule has 0 aliphatic rings. The summed E-state index contributed by atoms with van der Waals surface area (Å²) in [6, 6.07) is 4.12. The Labute approximate surface area is 129 Å². The summed E-state index contributed by atoms with van der Waals surface area (Å²) in [6.07, 6.45) is 0. The van der Waals surface area contributed by atoms with Crippen molar-refractivity contribution in [3.05, 3.63) is 34.0 Å². The zero-order chi connectivity index (χ0) is 15.6. The predicted octanol–water partition coefficient (Wildman–Crippen LogP) is 3.21. The van der Waals surface area contributed by atoms with E-state index in [0.29, 0.717) is 6.54 Å². The van der Waals surface area contributed by atoms with Gasteiger partial charge in [0.2, 0.25) is 5.82 Å². The molecule has 0 radical (unpaired) electrons. The van der Waals surface area contributed by atoms with Crippen molar-refractivity contribution in [1.82, 2.24) is 20.1 Å². The largest absolute Gasteiger partial charge is 0.328 e. The number of amides is 1. The van der Waals surface area contributed by atoms with E-state index in [9.17, 15) is 4.79 Å². The van der Waals surface area contributed by atoms with E-state index < -0.39 is 0 Å². The maximum atomic E-state index is 12.6. The van der Waals surface area contributed by atoms with Crippen LogP contribution in [0.2, 0.25) is 0 Å². The smallest absolute Gasteiger partial charge is 0.294 e. The minimum Gasteiger partial charge on any atom is -0.328 e. The third kappa shape index (κ3) is 3.69. The van der Waals surface area contributed by atoms with Gasteiger partial charge in [0.05, 0.1) is 6.54 Å². The van der Waals surface area contributed by atoms with Gasteiger partial charge in [0.1, 0.15) is 5.82 Å². The van der Waals surface area contributed by atoms with Crippen molar-refractivity contribution >= 4 is 17.2 Å². The van der Waals surface area contributed by atoms with Crippen molar-refractivity contribution in [2.45, 2.75) is 52.6 Å². The van der Waals surface area contributed by atoms with Gasteiger partial charge in [0.15, 0.2) is 0 Å². The van der Waals surface area contributed by atoms with E-state index in [1.165, 1.54) is 0 Å². The molecule has 6 heteroatoms. The number of hydrogen-bond acceptors (Lipinski definition) is 4. The first-order chi connectivity index (χ1) is 9.79. The number of carbonyl (C=O) groups is 1. The van der Waals surface area contributed by atoms with Gasteiger partial charge in [-0.05, 0) is 25.3 Å². The monoisotopic (exact) mass is 306 g/mol. The van der Waals surface area contributed by atoms with Crippen LogP contribution in [0.3, 0.4) is 0 Å². The SMILES string of the molecule is CC(C)N(Cc1cccs1)C(=O)c1n[nH]c(C(C)(C)C)n1. The standard InChI is InChI=1S/C15H22N4OS/c1-10(2)19(9-11-7-6-8-21-11)13(20)12-16-14(18-17-12)15(3,4)5/h6-8,10H,9H2,1-5H3,(H,16,17,18). The van der Waals surface area contributed by atoms with E-state index in [0.717, 1.165) is 10.7 Å². The van der Waals surface area contributed by atoms with Crippen molar-refractivity contribution < 1.29 is 4.79 Å². The summed E-state index contributed by atoms with van der Waals surface area (Å²) in [5, 5.41) is 8.98. The van der Waals surface area contributed by atoms with Crippen LogP contribution in [0.25, 0.3) is 0 Å². The van der Waals surface area contributed by atoms with Crippen molar-refractivity contribution in [1.29, 1.82) is 0 Å². The van der Waals surface area contributed by atoms with Crippen LogP contribution in [0.1, 0.15) is 55.9 Å². The molecule has 0 unspecified atom stereocenters. The van der Waals surface area contributed by atoms with Gasteiger partial charge in [-0.15, -0.1) is 16.4 Å².